The van der Waals surface area contributed by atoms with Gasteiger partial charge in [0.2, 0.25) is 0 Å². The number of cyclic esters (lactones) is 2. The van der Waals surface area contributed by atoms with Crippen molar-refractivity contribution in [2.24, 2.45) is 0 Å². The number of hydrogen-bond donors (Lipinski definition) is 1. The Bertz CT molecular complexity index is 824. The summed E-state index contributed by atoms with van der Waals surface area (Å²) in [7, 11) is 0. The monoisotopic (exact) mass is 280 g/mol. The van der Waals surface area contributed by atoms with Crippen LogP contribution in [0.4, 0.5) is 0 Å². The lowest BCUT2D eigenvalue weighted by Gasteiger charge is -2.16. The Balaban J connectivity index is 2.33. The third-order valence-corrected chi connectivity index (χ3v) is 3.17. The summed E-state index contributed by atoms with van der Waals surface area (Å²) in [6, 6.07) is 8.41. The van der Waals surface area contributed by atoms with E-state index < -0.39 is 17.5 Å². The Hall–Kier alpha value is -2.64. The van der Waals surface area contributed by atoms with Crippen LogP contribution in [0.25, 0.3) is 10.8 Å². The first-order valence-corrected chi connectivity index (χ1v) is 6.44. The summed E-state index contributed by atoms with van der Waals surface area (Å²) in [6.07, 6.45) is 0. The number of carbonyl (C=O) groups is 2. The summed E-state index contributed by atoms with van der Waals surface area (Å²) in [6.45, 7) is 3.18. The zero-order chi connectivity index (χ0) is 15.2. The van der Waals surface area contributed by atoms with Gasteiger partial charge in [-0.25, -0.2) is 9.59 Å². The molecule has 104 valence electrons. The van der Waals surface area contributed by atoms with Gasteiger partial charge >= 0.3 is 11.9 Å². The summed E-state index contributed by atoms with van der Waals surface area (Å²) in [4.78, 5) is 23.6. The standard InChI is InChI=1S/C17H12O4/c1-17(2,20)9-8-10-6-7-13-14-11(10)4-3-5-12(14)15(18)21-16(13)19/h3-7,20H,1-2H3. The molecule has 0 aliphatic carbocycles. The van der Waals surface area contributed by atoms with E-state index in [1.165, 1.54) is 0 Å². The molecule has 1 aliphatic rings. The predicted octanol–water partition coefficient (Wildman–Crippen LogP) is 2.27. The maximum absolute atomic E-state index is 11.8. The number of rotatable bonds is 0. The lowest BCUT2D eigenvalue weighted by Crippen LogP contribution is -2.19. The first kappa shape index (κ1) is 13.3. The molecule has 0 radical (unpaired) electrons. The quantitative estimate of drug-likeness (QED) is 0.457. The third-order valence-electron chi connectivity index (χ3n) is 3.17. The zero-order valence-electron chi connectivity index (χ0n) is 11.6. The van der Waals surface area contributed by atoms with Crippen LogP contribution in [-0.4, -0.2) is 22.6 Å². The maximum Gasteiger partial charge on any atom is 0.346 e. The Labute approximate surface area is 121 Å². The van der Waals surface area contributed by atoms with Gasteiger partial charge in [0.15, 0.2) is 0 Å². The molecule has 0 spiro atoms. The molecule has 0 saturated heterocycles. The fraction of sp³-hybridized carbons (Fsp3) is 0.176. The molecule has 1 heterocycles. The van der Waals surface area contributed by atoms with E-state index in [0.29, 0.717) is 27.5 Å². The van der Waals surface area contributed by atoms with Crippen molar-refractivity contribution in [3.8, 4) is 11.8 Å². The highest BCUT2D eigenvalue weighted by atomic mass is 16.6. The second-order valence-electron chi connectivity index (χ2n) is 5.37. The molecule has 1 N–H and O–H groups in total. The summed E-state index contributed by atoms with van der Waals surface area (Å²) in [5, 5.41) is 11.0. The Morgan fingerprint density at radius 3 is 2.38 bits per heavy atom. The van der Waals surface area contributed by atoms with Gasteiger partial charge in [0.25, 0.3) is 0 Å². The fourth-order valence-corrected chi connectivity index (χ4v) is 2.27. The fourth-order valence-electron chi connectivity index (χ4n) is 2.27. The van der Waals surface area contributed by atoms with Crippen molar-refractivity contribution in [1.82, 2.24) is 0 Å². The molecule has 0 saturated carbocycles. The van der Waals surface area contributed by atoms with Gasteiger partial charge in [0.1, 0.15) is 5.60 Å². The molecule has 2 aromatic rings. The molecule has 4 heteroatoms. The second kappa shape index (κ2) is 4.44. The second-order valence-corrected chi connectivity index (χ2v) is 5.37. The molecule has 21 heavy (non-hydrogen) atoms. The highest BCUT2D eigenvalue weighted by Crippen LogP contribution is 2.30. The van der Waals surface area contributed by atoms with E-state index in [1.807, 2.05) is 0 Å². The SMILES string of the molecule is CC(C)(O)C#Cc1ccc2c3c(cccc13)C(=O)OC2=O. The maximum atomic E-state index is 11.8. The molecule has 0 unspecified atom stereocenters. The minimum atomic E-state index is -1.12. The molecule has 0 fully saturated rings. The number of ether oxygens (including phenoxy) is 1. The average molecular weight is 280 g/mol. The molecule has 2 aromatic carbocycles. The van der Waals surface area contributed by atoms with Crippen LogP contribution >= 0.6 is 0 Å². The molecule has 1 aliphatic heterocycles. The van der Waals surface area contributed by atoms with Crippen molar-refractivity contribution in [3.05, 3.63) is 47.0 Å². The smallest absolute Gasteiger partial charge is 0.346 e. The highest BCUT2D eigenvalue weighted by Gasteiger charge is 2.27. The van der Waals surface area contributed by atoms with E-state index in [4.69, 9.17) is 4.74 Å². The van der Waals surface area contributed by atoms with Crippen LogP contribution in [0.15, 0.2) is 30.3 Å². The first-order valence-electron chi connectivity index (χ1n) is 6.44. The molecule has 0 bridgehead atoms. The first-order chi connectivity index (χ1) is 9.87. The molecule has 0 aromatic heterocycles. The largest absolute Gasteiger partial charge is 0.386 e. The van der Waals surface area contributed by atoms with Crippen LogP contribution in [0.3, 0.4) is 0 Å². The normalized spacial score (nSPS) is 13.7. The van der Waals surface area contributed by atoms with E-state index in [2.05, 4.69) is 11.8 Å². The average Bonchev–Trinajstić information content (AvgIpc) is 2.41. The van der Waals surface area contributed by atoms with Gasteiger partial charge in [-0.1, -0.05) is 24.0 Å². The lowest BCUT2D eigenvalue weighted by atomic mass is 9.94. The number of benzene rings is 2. The molecular weight excluding hydrogens is 268 g/mol. The van der Waals surface area contributed by atoms with Gasteiger partial charge in [0.05, 0.1) is 11.1 Å². The summed E-state index contributed by atoms with van der Waals surface area (Å²) in [5.41, 5.74) is 0.247. The number of hydrogen-bond acceptors (Lipinski definition) is 4. The number of esters is 2. The van der Waals surface area contributed by atoms with Crippen molar-refractivity contribution in [2.45, 2.75) is 19.4 Å². The Morgan fingerprint density at radius 1 is 1.05 bits per heavy atom. The number of carbonyl (C=O) groups excluding carboxylic acids is 2. The minimum Gasteiger partial charge on any atom is -0.386 e. The van der Waals surface area contributed by atoms with Crippen LogP contribution in [0.2, 0.25) is 0 Å². The van der Waals surface area contributed by atoms with Crippen LogP contribution in [0, 0.1) is 11.8 Å². The van der Waals surface area contributed by atoms with E-state index in [1.54, 1.807) is 44.2 Å². The number of aliphatic hydroxyl groups is 1. The van der Waals surface area contributed by atoms with E-state index in [9.17, 15) is 14.7 Å². The van der Waals surface area contributed by atoms with Gasteiger partial charge in [0, 0.05) is 10.9 Å². The van der Waals surface area contributed by atoms with E-state index >= 15 is 0 Å². The van der Waals surface area contributed by atoms with Crippen molar-refractivity contribution < 1.29 is 19.4 Å². The molecule has 3 rings (SSSR count). The van der Waals surface area contributed by atoms with Crippen LogP contribution < -0.4 is 0 Å². The van der Waals surface area contributed by atoms with Gasteiger partial charge in [-0.2, -0.15) is 0 Å². The summed E-state index contributed by atoms with van der Waals surface area (Å²) >= 11 is 0. The van der Waals surface area contributed by atoms with Crippen molar-refractivity contribution >= 4 is 22.7 Å². The van der Waals surface area contributed by atoms with Crippen molar-refractivity contribution in [2.75, 3.05) is 0 Å². The van der Waals surface area contributed by atoms with Crippen molar-refractivity contribution in [1.29, 1.82) is 0 Å². The van der Waals surface area contributed by atoms with Gasteiger partial charge in [-0.05, 0) is 37.4 Å². The third kappa shape index (κ3) is 2.28. The van der Waals surface area contributed by atoms with Crippen molar-refractivity contribution in [3.63, 3.8) is 0 Å². The Kier molecular flexibility index (Phi) is 2.82. The van der Waals surface area contributed by atoms with Crippen LogP contribution in [0.1, 0.15) is 40.1 Å². The van der Waals surface area contributed by atoms with Gasteiger partial charge < -0.3 is 9.84 Å². The van der Waals surface area contributed by atoms with Gasteiger partial charge in [-0.3, -0.25) is 0 Å². The molecular formula is C17H12O4. The highest BCUT2D eigenvalue weighted by molar-refractivity contribution is 6.21. The van der Waals surface area contributed by atoms with Crippen LogP contribution in [-0.2, 0) is 4.74 Å². The molecule has 4 nitrogen and oxygen atoms in total. The topological polar surface area (TPSA) is 63.6 Å². The lowest BCUT2D eigenvalue weighted by molar-refractivity contribution is 0.0391. The summed E-state index contributed by atoms with van der Waals surface area (Å²) in [5.74, 6) is 4.33. The van der Waals surface area contributed by atoms with E-state index in [-0.39, 0.29) is 0 Å². The minimum absolute atomic E-state index is 0.356. The van der Waals surface area contributed by atoms with Crippen LogP contribution in [0.5, 0.6) is 0 Å². The predicted molar refractivity (Wildman–Crippen MR) is 76.9 cm³/mol. The molecule has 0 amide bonds. The zero-order valence-corrected chi connectivity index (χ0v) is 11.6. The summed E-state index contributed by atoms with van der Waals surface area (Å²) < 4.78 is 4.70. The Morgan fingerprint density at radius 2 is 1.71 bits per heavy atom. The van der Waals surface area contributed by atoms with Gasteiger partial charge in [-0.15, -0.1) is 0 Å². The van der Waals surface area contributed by atoms with E-state index in [0.717, 1.165) is 0 Å². The molecule has 0 atom stereocenters.